The largest absolute Gasteiger partial charge is 0.331 e. The number of nitrogens with two attached hydrogens (primary N) is 1. The molecular formula is C5H9N2S+. The van der Waals surface area contributed by atoms with Gasteiger partial charge in [-0.1, -0.05) is 11.3 Å². The Kier molecular flexibility index (Phi) is 1.21. The molecule has 44 valence electrons. The van der Waals surface area contributed by atoms with E-state index < -0.39 is 0 Å². The molecule has 0 bridgehead atoms. The van der Waals surface area contributed by atoms with Gasteiger partial charge in [0.1, 0.15) is 5.69 Å². The Labute approximate surface area is 52.6 Å². The molecule has 1 rings (SSSR count). The number of rotatable bonds is 0. The zero-order valence-electron chi connectivity index (χ0n) is 5.01. The van der Waals surface area contributed by atoms with Gasteiger partial charge in [-0.15, -0.1) is 0 Å². The van der Waals surface area contributed by atoms with Crippen molar-refractivity contribution in [1.82, 2.24) is 0 Å². The van der Waals surface area contributed by atoms with Crippen molar-refractivity contribution in [3.05, 3.63) is 11.1 Å². The molecule has 0 radical (unpaired) electrons. The van der Waals surface area contributed by atoms with Gasteiger partial charge < -0.3 is 0 Å². The van der Waals surface area contributed by atoms with Crippen LogP contribution in [0.1, 0.15) is 5.69 Å². The van der Waals surface area contributed by atoms with E-state index in [0.717, 1.165) is 5.13 Å². The van der Waals surface area contributed by atoms with Gasteiger partial charge in [-0.25, -0.2) is 4.57 Å². The predicted octanol–water partition coefficient (Wildman–Crippen LogP) is 0.463. The normalized spacial score (nSPS) is 9.75. The minimum Gasteiger partial charge on any atom is -0.278 e. The van der Waals surface area contributed by atoms with E-state index in [4.69, 9.17) is 5.73 Å². The smallest absolute Gasteiger partial charge is 0.278 e. The lowest BCUT2D eigenvalue weighted by molar-refractivity contribution is -0.658. The lowest BCUT2D eigenvalue weighted by atomic mass is 10.6. The third kappa shape index (κ3) is 0.690. The van der Waals surface area contributed by atoms with Gasteiger partial charge >= 0.3 is 5.13 Å². The van der Waals surface area contributed by atoms with Gasteiger partial charge in [0, 0.05) is 5.38 Å². The second kappa shape index (κ2) is 1.74. The van der Waals surface area contributed by atoms with Crippen molar-refractivity contribution < 1.29 is 4.57 Å². The molecule has 0 saturated heterocycles. The zero-order chi connectivity index (χ0) is 6.15. The summed E-state index contributed by atoms with van der Waals surface area (Å²) in [5, 5.41) is 2.90. The third-order valence-electron chi connectivity index (χ3n) is 1.21. The standard InChI is InChI=1S/C5H8N2S/c1-4-3-8-5(6)7(4)2/h3,6H,1-2H3/p+1. The summed E-state index contributed by atoms with van der Waals surface area (Å²) >= 11 is 1.57. The second-order valence-electron chi connectivity index (χ2n) is 1.77. The van der Waals surface area contributed by atoms with Crippen molar-refractivity contribution >= 4 is 16.5 Å². The molecule has 0 spiro atoms. The van der Waals surface area contributed by atoms with E-state index in [2.05, 4.69) is 0 Å². The number of aryl methyl sites for hydroxylation is 1. The average molecular weight is 129 g/mol. The number of hydrogen-bond donors (Lipinski definition) is 1. The number of nitrogen functional groups attached to an aromatic ring is 1. The summed E-state index contributed by atoms with van der Waals surface area (Å²) in [5.41, 5.74) is 6.74. The molecule has 1 aromatic heterocycles. The van der Waals surface area contributed by atoms with Gasteiger partial charge in [0.05, 0.1) is 7.05 Å². The summed E-state index contributed by atoms with van der Waals surface area (Å²) in [6, 6.07) is 0. The molecule has 1 aromatic rings. The van der Waals surface area contributed by atoms with Crippen molar-refractivity contribution in [2.45, 2.75) is 6.92 Å². The van der Waals surface area contributed by atoms with Crippen molar-refractivity contribution in [1.29, 1.82) is 0 Å². The van der Waals surface area contributed by atoms with Crippen molar-refractivity contribution in [3.8, 4) is 0 Å². The first-order valence-corrected chi connectivity index (χ1v) is 3.29. The van der Waals surface area contributed by atoms with E-state index in [1.54, 1.807) is 11.3 Å². The Morgan fingerprint density at radius 2 is 2.38 bits per heavy atom. The first-order chi connectivity index (χ1) is 3.72. The van der Waals surface area contributed by atoms with Gasteiger partial charge in [0.2, 0.25) is 0 Å². The maximum absolute atomic E-state index is 5.52. The highest BCUT2D eigenvalue weighted by atomic mass is 32.1. The molecule has 0 aliphatic carbocycles. The van der Waals surface area contributed by atoms with Crippen LogP contribution in [0.25, 0.3) is 0 Å². The molecule has 0 saturated carbocycles. The Balaban J connectivity index is 3.19. The van der Waals surface area contributed by atoms with Crippen LogP contribution in [-0.4, -0.2) is 0 Å². The van der Waals surface area contributed by atoms with Gasteiger partial charge in [-0.2, -0.15) is 0 Å². The summed E-state index contributed by atoms with van der Waals surface area (Å²) in [6.07, 6.45) is 0. The Morgan fingerprint density at radius 3 is 2.50 bits per heavy atom. The molecule has 2 N–H and O–H groups in total. The Morgan fingerprint density at radius 1 is 1.75 bits per heavy atom. The molecule has 0 aliphatic heterocycles. The van der Waals surface area contributed by atoms with Crippen LogP contribution in [0.15, 0.2) is 5.38 Å². The summed E-state index contributed by atoms with van der Waals surface area (Å²) in [6.45, 7) is 2.03. The number of thiazole rings is 1. The van der Waals surface area contributed by atoms with Crippen LogP contribution in [-0.2, 0) is 7.05 Å². The fourth-order valence-electron chi connectivity index (χ4n) is 0.478. The molecule has 8 heavy (non-hydrogen) atoms. The summed E-state index contributed by atoms with van der Waals surface area (Å²) in [4.78, 5) is 0. The Bertz CT molecular complexity index is 173. The van der Waals surface area contributed by atoms with E-state index in [1.807, 2.05) is 23.9 Å². The summed E-state index contributed by atoms with van der Waals surface area (Å²) < 4.78 is 1.96. The van der Waals surface area contributed by atoms with E-state index in [0.29, 0.717) is 0 Å². The van der Waals surface area contributed by atoms with E-state index in [-0.39, 0.29) is 0 Å². The summed E-state index contributed by atoms with van der Waals surface area (Å²) in [7, 11) is 1.96. The highest BCUT2D eigenvalue weighted by Gasteiger charge is 2.02. The predicted molar refractivity (Wildman–Crippen MR) is 34.6 cm³/mol. The first kappa shape index (κ1) is 5.56. The molecule has 0 amide bonds. The second-order valence-corrected chi connectivity index (χ2v) is 2.66. The molecule has 0 unspecified atom stereocenters. The molecule has 0 aliphatic rings. The van der Waals surface area contributed by atoms with Crippen LogP contribution in [0.2, 0.25) is 0 Å². The van der Waals surface area contributed by atoms with Crippen LogP contribution in [0.5, 0.6) is 0 Å². The van der Waals surface area contributed by atoms with E-state index in [9.17, 15) is 0 Å². The van der Waals surface area contributed by atoms with Crippen LogP contribution in [0.3, 0.4) is 0 Å². The van der Waals surface area contributed by atoms with E-state index in [1.165, 1.54) is 5.69 Å². The number of hydrogen-bond acceptors (Lipinski definition) is 2. The van der Waals surface area contributed by atoms with Crippen molar-refractivity contribution in [2.24, 2.45) is 7.05 Å². The number of aromatic nitrogens is 1. The molecular weight excluding hydrogens is 120 g/mol. The molecule has 0 aromatic carbocycles. The van der Waals surface area contributed by atoms with Crippen LogP contribution < -0.4 is 10.3 Å². The highest BCUT2D eigenvalue weighted by Crippen LogP contribution is 2.05. The molecule has 1 heterocycles. The summed E-state index contributed by atoms with van der Waals surface area (Å²) in [5.74, 6) is 0. The SMILES string of the molecule is Cc1csc(N)[n+]1C. The van der Waals surface area contributed by atoms with Crippen molar-refractivity contribution in [2.75, 3.05) is 5.73 Å². The number of nitrogens with zero attached hydrogens (tertiary/aromatic N) is 1. The molecule has 2 nitrogen and oxygen atoms in total. The van der Waals surface area contributed by atoms with Crippen LogP contribution in [0.4, 0.5) is 5.13 Å². The van der Waals surface area contributed by atoms with E-state index >= 15 is 0 Å². The highest BCUT2D eigenvalue weighted by molar-refractivity contribution is 7.13. The quantitative estimate of drug-likeness (QED) is 0.507. The fraction of sp³-hybridized carbons (Fsp3) is 0.400. The molecule has 0 atom stereocenters. The maximum Gasteiger partial charge on any atom is 0.331 e. The number of anilines is 1. The average Bonchev–Trinajstić information content (AvgIpc) is 1.98. The third-order valence-corrected chi connectivity index (χ3v) is 2.18. The topological polar surface area (TPSA) is 29.9 Å². The van der Waals surface area contributed by atoms with Gasteiger partial charge in [-0.05, 0) is 6.92 Å². The molecule has 0 fully saturated rings. The zero-order valence-corrected chi connectivity index (χ0v) is 5.83. The lowest BCUT2D eigenvalue weighted by Gasteiger charge is -1.84. The van der Waals surface area contributed by atoms with Crippen LogP contribution >= 0.6 is 11.3 Å². The van der Waals surface area contributed by atoms with Crippen molar-refractivity contribution in [3.63, 3.8) is 0 Å². The minimum atomic E-state index is 0.863. The monoisotopic (exact) mass is 129 g/mol. The fourth-order valence-corrected chi connectivity index (χ4v) is 1.23. The lowest BCUT2D eigenvalue weighted by Crippen LogP contribution is -2.31. The van der Waals surface area contributed by atoms with Gasteiger partial charge in [-0.3, -0.25) is 5.73 Å². The van der Waals surface area contributed by atoms with Gasteiger partial charge in [0.25, 0.3) is 0 Å². The maximum atomic E-state index is 5.52. The van der Waals surface area contributed by atoms with Crippen LogP contribution in [0, 0.1) is 6.92 Å². The minimum absolute atomic E-state index is 0.863. The first-order valence-electron chi connectivity index (χ1n) is 2.41. The Hall–Kier alpha value is -0.570. The van der Waals surface area contributed by atoms with Gasteiger partial charge in [0.15, 0.2) is 0 Å². The molecule has 3 heteroatoms.